The molecule has 3 rings (SSSR count). The van der Waals surface area contributed by atoms with Crippen molar-refractivity contribution in [3.05, 3.63) is 46.5 Å². The summed E-state index contributed by atoms with van der Waals surface area (Å²) >= 11 is 0. The number of rotatable bonds is 2. The third-order valence-corrected chi connectivity index (χ3v) is 4.31. The Morgan fingerprint density at radius 3 is 2.29 bits per heavy atom. The van der Waals surface area contributed by atoms with Gasteiger partial charge in [-0.05, 0) is 31.5 Å². The Kier molecular flexibility index (Phi) is 3.85. The van der Waals surface area contributed by atoms with E-state index in [0.29, 0.717) is 22.4 Å². The number of ketones is 1. The average Bonchev–Trinajstić information content (AvgIpc) is 2.56. The summed E-state index contributed by atoms with van der Waals surface area (Å²) < 4.78 is 11.2. The first-order valence-corrected chi connectivity index (χ1v) is 7.44. The molecule has 1 aliphatic rings. The van der Waals surface area contributed by atoms with Crippen molar-refractivity contribution in [1.29, 1.82) is 0 Å². The van der Waals surface area contributed by atoms with Gasteiger partial charge in [0.25, 0.3) is 0 Å². The molecule has 1 heterocycles. The maximum Gasteiger partial charge on any atom is 0.202 e. The first kappa shape index (κ1) is 16.1. The van der Waals surface area contributed by atoms with Crippen molar-refractivity contribution >= 4 is 5.78 Å². The molecule has 0 saturated carbocycles. The van der Waals surface area contributed by atoms with Gasteiger partial charge in [-0.25, -0.2) is 0 Å². The lowest BCUT2D eigenvalue weighted by Crippen LogP contribution is -2.36. The van der Waals surface area contributed by atoms with E-state index in [-0.39, 0.29) is 22.8 Å². The smallest absolute Gasteiger partial charge is 0.202 e. The summed E-state index contributed by atoms with van der Waals surface area (Å²) in [5.41, 5.74) is 1.50. The summed E-state index contributed by atoms with van der Waals surface area (Å²) in [5.74, 6) is -0.161. The fourth-order valence-electron chi connectivity index (χ4n) is 3.05. The Hall–Kier alpha value is -2.73. The zero-order valence-electron chi connectivity index (χ0n) is 13.5. The summed E-state index contributed by atoms with van der Waals surface area (Å²) in [5, 5.41) is 30.1. The number of fused-ring (bicyclic) bond motifs is 1. The van der Waals surface area contributed by atoms with Crippen LogP contribution >= 0.6 is 0 Å². The minimum atomic E-state index is -1.46. The van der Waals surface area contributed by atoms with E-state index in [4.69, 9.17) is 9.47 Å². The van der Waals surface area contributed by atoms with E-state index in [1.165, 1.54) is 19.2 Å². The van der Waals surface area contributed by atoms with Gasteiger partial charge in [0, 0.05) is 11.1 Å². The summed E-state index contributed by atoms with van der Waals surface area (Å²) in [6.45, 7) is 3.36. The van der Waals surface area contributed by atoms with E-state index in [1.54, 1.807) is 26.0 Å². The Bertz CT molecular complexity index is 809. The second kappa shape index (κ2) is 5.72. The molecule has 2 aromatic carbocycles. The van der Waals surface area contributed by atoms with Gasteiger partial charge in [0.05, 0.1) is 7.11 Å². The van der Waals surface area contributed by atoms with Crippen molar-refractivity contribution < 1.29 is 29.6 Å². The largest absolute Gasteiger partial charge is 0.508 e. The van der Waals surface area contributed by atoms with Crippen molar-refractivity contribution in [3.8, 4) is 23.0 Å². The number of carbonyl (C=O) groups excluding carboxylic acids is 1. The summed E-state index contributed by atoms with van der Waals surface area (Å²) in [7, 11) is 1.47. The van der Waals surface area contributed by atoms with Crippen LogP contribution in [0.5, 0.6) is 23.0 Å². The van der Waals surface area contributed by atoms with Crippen molar-refractivity contribution in [3.63, 3.8) is 0 Å². The summed E-state index contributed by atoms with van der Waals surface area (Å²) in [6.07, 6.45) is -2.39. The molecular formula is C18H18O6. The molecule has 126 valence electrons. The van der Waals surface area contributed by atoms with Crippen molar-refractivity contribution in [2.45, 2.75) is 26.1 Å². The lowest BCUT2D eigenvalue weighted by Gasteiger charge is -2.32. The number of hydrogen-bond donors (Lipinski definition) is 3. The quantitative estimate of drug-likeness (QED) is 0.782. The number of carbonyl (C=O) groups is 1. The highest BCUT2D eigenvalue weighted by molar-refractivity contribution is 6.06. The highest BCUT2D eigenvalue weighted by Gasteiger charge is 2.41. The van der Waals surface area contributed by atoms with Crippen LogP contribution in [0.4, 0.5) is 0 Å². The molecule has 0 unspecified atom stereocenters. The number of aliphatic hydroxyl groups is 1. The molecule has 0 spiro atoms. The lowest BCUT2D eigenvalue weighted by atomic mass is 9.89. The number of benzene rings is 2. The SMILES string of the molecule is COc1c(C)c(O)c2c(c1C)O[C@@H](c1ccc(O)cc1)[C@H](O)C2=O. The molecule has 1 aliphatic heterocycles. The zero-order chi connectivity index (χ0) is 17.6. The molecule has 0 amide bonds. The molecule has 0 fully saturated rings. The van der Waals surface area contributed by atoms with E-state index < -0.39 is 18.0 Å². The second-order valence-corrected chi connectivity index (χ2v) is 5.78. The number of ether oxygens (including phenoxy) is 2. The number of aromatic hydroxyl groups is 2. The van der Waals surface area contributed by atoms with Gasteiger partial charge in [-0.1, -0.05) is 12.1 Å². The standard InChI is InChI=1S/C18H18O6/c1-8-13(20)12-14(21)15(22)18(10-4-6-11(19)7-5-10)24-17(12)9(2)16(8)23-3/h4-7,15,18-20,22H,1-3H3/t15-,18+/m1/s1. The van der Waals surface area contributed by atoms with E-state index in [2.05, 4.69) is 0 Å². The van der Waals surface area contributed by atoms with Crippen LogP contribution in [-0.2, 0) is 0 Å². The van der Waals surface area contributed by atoms with Gasteiger partial charge in [0.2, 0.25) is 5.78 Å². The van der Waals surface area contributed by atoms with Crippen LogP contribution in [0.25, 0.3) is 0 Å². The molecule has 0 radical (unpaired) electrons. The lowest BCUT2D eigenvalue weighted by molar-refractivity contribution is 0.0206. The second-order valence-electron chi connectivity index (χ2n) is 5.78. The molecule has 2 aromatic rings. The highest BCUT2D eigenvalue weighted by atomic mass is 16.5. The molecule has 0 aliphatic carbocycles. The number of Topliss-reactive ketones (excluding diaryl/α,β-unsaturated/α-hetero) is 1. The van der Waals surface area contributed by atoms with Gasteiger partial charge < -0.3 is 24.8 Å². The number of phenolic OH excluding ortho intramolecular Hbond substituents is 2. The first-order chi connectivity index (χ1) is 11.4. The highest BCUT2D eigenvalue weighted by Crippen LogP contribution is 2.47. The fourth-order valence-corrected chi connectivity index (χ4v) is 3.05. The Balaban J connectivity index is 2.17. The maximum absolute atomic E-state index is 12.6. The van der Waals surface area contributed by atoms with Gasteiger partial charge in [-0.15, -0.1) is 0 Å². The molecule has 24 heavy (non-hydrogen) atoms. The molecule has 3 N–H and O–H groups in total. The molecule has 6 heteroatoms. The monoisotopic (exact) mass is 330 g/mol. The number of methoxy groups -OCH3 is 1. The van der Waals surface area contributed by atoms with Crippen LogP contribution in [0.1, 0.15) is 33.2 Å². The van der Waals surface area contributed by atoms with Crippen molar-refractivity contribution in [2.75, 3.05) is 7.11 Å². The summed E-state index contributed by atoms with van der Waals surface area (Å²) in [6, 6.07) is 6.04. The van der Waals surface area contributed by atoms with Crippen molar-refractivity contribution in [1.82, 2.24) is 0 Å². The van der Waals surface area contributed by atoms with Gasteiger partial charge in [-0.3, -0.25) is 4.79 Å². The predicted molar refractivity (Wildman–Crippen MR) is 85.9 cm³/mol. The van der Waals surface area contributed by atoms with Gasteiger partial charge in [0.1, 0.15) is 28.6 Å². The van der Waals surface area contributed by atoms with Crippen LogP contribution < -0.4 is 9.47 Å². The molecular weight excluding hydrogens is 312 g/mol. The minimum absolute atomic E-state index is 0.0340. The average molecular weight is 330 g/mol. The predicted octanol–water partition coefficient (Wildman–Crippen LogP) is 2.40. The third kappa shape index (κ3) is 2.27. The normalized spacial score (nSPS) is 19.6. The Morgan fingerprint density at radius 2 is 1.71 bits per heavy atom. The molecule has 0 aromatic heterocycles. The fraction of sp³-hybridized carbons (Fsp3) is 0.278. The molecule has 2 atom stereocenters. The van der Waals surface area contributed by atoms with Crippen LogP contribution in [0.3, 0.4) is 0 Å². The summed E-state index contributed by atoms with van der Waals surface area (Å²) in [4.78, 5) is 12.6. The number of phenols is 2. The first-order valence-electron chi connectivity index (χ1n) is 7.44. The number of aliphatic hydroxyl groups excluding tert-OH is 1. The van der Waals surface area contributed by atoms with E-state index >= 15 is 0 Å². The maximum atomic E-state index is 12.6. The van der Waals surface area contributed by atoms with Crippen molar-refractivity contribution in [2.24, 2.45) is 0 Å². The molecule has 6 nitrogen and oxygen atoms in total. The van der Waals surface area contributed by atoms with Crippen LogP contribution in [0.15, 0.2) is 24.3 Å². The Morgan fingerprint density at radius 1 is 1.08 bits per heavy atom. The van der Waals surface area contributed by atoms with E-state index in [0.717, 1.165) is 0 Å². The van der Waals surface area contributed by atoms with Gasteiger partial charge in [-0.2, -0.15) is 0 Å². The minimum Gasteiger partial charge on any atom is -0.508 e. The van der Waals surface area contributed by atoms with E-state index in [1.807, 2.05) is 0 Å². The molecule has 0 bridgehead atoms. The topological polar surface area (TPSA) is 96.2 Å². The van der Waals surface area contributed by atoms with Crippen LogP contribution in [0, 0.1) is 13.8 Å². The number of hydrogen-bond acceptors (Lipinski definition) is 6. The van der Waals surface area contributed by atoms with Crippen LogP contribution in [-0.4, -0.2) is 34.3 Å². The van der Waals surface area contributed by atoms with Gasteiger partial charge >= 0.3 is 0 Å². The van der Waals surface area contributed by atoms with Gasteiger partial charge in [0.15, 0.2) is 12.2 Å². The van der Waals surface area contributed by atoms with E-state index in [9.17, 15) is 20.1 Å². The third-order valence-electron chi connectivity index (χ3n) is 4.31. The van der Waals surface area contributed by atoms with Crippen LogP contribution in [0.2, 0.25) is 0 Å². The Labute approximate surface area is 138 Å². The molecule has 0 saturated heterocycles. The zero-order valence-corrected chi connectivity index (χ0v) is 13.5.